The van der Waals surface area contributed by atoms with Gasteiger partial charge in [0.15, 0.2) is 0 Å². The molecule has 114 valence electrons. The van der Waals surface area contributed by atoms with Gasteiger partial charge in [-0.05, 0) is 44.3 Å². The Balaban J connectivity index is 0.000000829. The average Bonchev–Trinajstić information content (AvgIpc) is 2.86. The molecule has 3 heteroatoms. The normalized spacial score (nSPS) is 24.9. The Kier molecular flexibility index (Phi) is 10.4. The molecule has 2 unspecified atom stereocenters. The predicted octanol–water partition coefficient (Wildman–Crippen LogP) is 5.20. The lowest BCUT2D eigenvalue weighted by molar-refractivity contribution is 0.686. The molecule has 0 amide bonds. The van der Waals surface area contributed by atoms with Crippen LogP contribution >= 0.6 is 9.24 Å². The highest BCUT2D eigenvalue weighted by Gasteiger charge is 2.29. The maximum Gasteiger partial charge on any atom is 0.0910 e. The van der Waals surface area contributed by atoms with Gasteiger partial charge in [0.1, 0.15) is 0 Å². The maximum atomic E-state index is 4.55. The molecule has 1 N–H and O–H groups in total. The van der Waals surface area contributed by atoms with E-state index in [-0.39, 0.29) is 0 Å². The van der Waals surface area contributed by atoms with Crippen LogP contribution in [0.5, 0.6) is 0 Å². The summed E-state index contributed by atoms with van der Waals surface area (Å²) in [6.07, 6.45) is 9.49. The van der Waals surface area contributed by atoms with Crippen LogP contribution in [-0.2, 0) is 0 Å². The van der Waals surface area contributed by atoms with Gasteiger partial charge >= 0.3 is 0 Å². The van der Waals surface area contributed by atoms with E-state index in [2.05, 4.69) is 32.5 Å². The number of nitrogens with zero attached hydrogens (tertiary/aromatic N) is 1. The molecule has 20 heavy (non-hydrogen) atoms. The monoisotopic (exact) mass is 294 g/mol. The van der Waals surface area contributed by atoms with Crippen molar-refractivity contribution in [2.75, 3.05) is 0 Å². The average molecular weight is 294 g/mol. The number of hydrogen-bond donors (Lipinski definition) is 1. The van der Waals surface area contributed by atoms with Gasteiger partial charge in [0.05, 0.1) is 11.4 Å². The molecule has 2 aliphatic rings. The summed E-state index contributed by atoms with van der Waals surface area (Å²) in [7, 11) is 2.94. The van der Waals surface area contributed by atoms with Crippen LogP contribution in [0.15, 0.2) is 40.3 Å². The minimum Gasteiger partial charge on any atom is -0.357 e. The second-order valence-corrected chi connectivity index (χ2v) is 5.19. The number of hydrogen-bond acceptors (Lipinski definition) is 2. The van der Waals surface area contributed by atoms with Crippen LogP contribution in [0.1, 0.15) is 60.8 Å². The summed E-state index contributed by atoms with van der Waals surface area (Å²) in [4.78, 5) is 4.55. The molecule has 0 bridgehead atoms. The summed E-state index contributed by atoms with van der Waals surface area (Å²) in [5.41, 5.74) is 5.81. The third-order valence-electron chi connectivity index (χ3n) is 3.06. The molecule has 0 aromatic carbocycles. The Morgan fingerprint density at radius 3 is 2.40 bits per heavy atom. The molecule has 2 atom stereocenters. The molecule has 0 saturated carbocycles. The highest BCUT2D eigenvalue weighted by molar-refractivity contribution is 7.17. The molecule has 2 nitrogen and oxygen atoms in total. The van der Waals surface area contributed by atoms with E-state index in [0.717, 1.165) is 18.6 Å². The highest BCUT2D eigenvalue weighted by Crippen LogP contribution is 2.34. The fourth-order valence-corrected chi connectivity index (χ4v) is 2.64. The van der Waals surface area contributed by atoms with Crippen molar-refractivity contribution >= 4 is 15.0 Å². The molecule has 0 aromatic rings. The molecule has 0 radical (unpaired) electrons. The number of allylic oxidation sites excluding steroid dienone is 4. The van der Waals surface area contributed by atoms with Gasteiger partial charge in [0.2, 0.25) is 0 Å². The molecule has 1 aliphatic carbocycles. The van der Waals surface area contributed by atoms with Crippen molar-refractivity contribution < 1.29 is 0 Å². The lowest BCUT2D eigenvalue weighted by Crippen LogP contribution is -2.12. The SMILES string of the molecule is CC.CC.C\C=C/N=C1\C2=C(CCC(P)C2)N\C1=C\C. The lowest BCUT2D eigenvalue weighted by Gasteiger charge is -2.19. The van der Waals surface area contributed by atoms with E-state index in [1.54, 1.807) is 0 Å². The van der Waals surface area contributed by atoms with Gasteiger partial charge in [-0.15, -0.1) is 9.24 Å². The third-order valence-corrected chi connectivity index (χ3v) is 3.63. The number of nitrogens with one attached hydrogen (secondary N) is 1. The summed E-state index contributed by atoms with van der Waals surface area (Å²) in [5, 5.41) is 3.49. The topological polar surface area (TPSA) is 24.4 Å². The fourth-order valence-electron chi connectivity index (χ4n) is 2.24. The molecule has 0 saturated heterocycles. The number of aliphatic imine (C=N–C) groups is 1. The van der Waals surface area contributed by atoms with E-state index in [0.29, 0.717) is 5.66 Å². The van der Waals surface area contributed by atoms with Crippen molar-refractivity contribution in [3.8, 4) is 0 Å². The van der Waals surface area contributed by atoms with Crippen molar-refractivity contribution in [2.24, 2.45) is 4.99 Å². The minimum absolute atomic E-state index is 0.701. The van der Waals surface area contributed by atoms with Crippen molar-refractivity contribution in [2.45, 2.75) is 66.5 Å². The van der Waals surface area contributed by atoms with Crippen LogP contribution < -0.4 is 5.32 Å². The summed E-state index contributed by atoms with van der Waals surface area (Å²) in [5.74, 6) is 0. The van der Waals surface area contributed by atoms with Crippen LogP contribution in [-0.4, -0.2) is 11.4 Å². The molecule has 0 aromatic heterocycles. The maximum absolute atomic E-state index is 4.55. The van der Waals surface area contributed by atoms with Crippen molar-refractivity contribution in [3.63, 3.8) is 0 Å². The van der Waals surface area contributed by atoms with Gasteiger partial charge in [-0.3, -0.25) is 4.99 Å². The number of rotatable bonds is 1. The van der Waals surface area contributed by atoms with Crippen LogP contribution in [0, 0.1) is 0 Å². The van der Waals surface area contributed by atoms with E-state index in [1.807, 2.05) is 46.9 Å². The first-order valence-electron chi connectivity index (χ1n) is 7.87. The molecule has 1 aliphatic heterocycles. The van der Waals surface area contributed by atoms with E-state index < -0.39 is 0 Å². The zero-order valence-electron chi connectivity index (χ0n) is 14.0. The quantitative estimate of drug-likeness (QED) is 0.660. The van der Waals surface area contributed by atoms with Crippen LogP contribution in [0.4, 0.5) is 0 Å². The summed E-state index contributed by atoms with van der Waals surface area (Å²) in [6.45, 7) is 12.1. The van der Waals surface area contributed by atoms with E-state index in [1.165, 1.54) is 23.4 Å². The smallest absolute Gasteiger partial charge is 0.0910 e. The summed E-state index contributed by atoms with van der Waals surface area (Å²) >= 11 is 0. The first kappa shape index (κ1) is 19.1. The summed E-state index contributed by atoms with van der Waals surface area (Å²) in [6, 6.07) is 0. The van der Waals surface area contributed by atoms with Gasteiger partial charge in [0, 0.05) is 11.9 Å². The zero-order chi connectivity index (χ0) is 15.5. The van der Waals surface area contributed by atoms with Gasteiger partial charge in [-0.25, -0.2) is 0 Å². The second kappa shape index (κ2) is 10.9. The molecule has 0 spiro atoms. The van der Waals surface area contributed by atoms with Gasteiger partial charge in [-0.1, -0.05) is 39.8 Å². The molecule has 0 fully saturated rings. The first-order valence-corrected chi connectivity index (χ1v) is 8.53. The highest BCUT2D eigenvalue weighted by atomic mass is 31.0. The molecular formula is C17H31N2P. The Bertz CT molecular complexity index is 403. The van der Waals surface area contributed by atoms with Crippen LogP contribution in [0.2, 0.25) is 0 Å². The first-order chi connectivity index (χ1) is 9.76. The Hall–Kier alpha value is -0.880. The molecule has 2 rings (SSSR count). The zero-order valence-corrected chi connectivity index (χ0v) is 15.1. The Morgan fingerprint density at radius 2 is 1.85 bits per heavy atom. The van der Waals surface area contributed by atoms with Crippen molar-refractivity contribution in [1.29, 1.82) is 0 Å². The molecule has 1 heterocycles. The summed E-state index contributed by atoms with van der Waals surface area (Å²) < 4.78 is 0. The van der Waals surface area contributed by atoms with Gasteiger partial charge < -0.3 is 5.32 Å². The van der Waals surface area contributed by atoms with Crippen molar-refractivity contribution in [1.82, 2.24) is 5.32 Å². The largest absolute Gasteiger partial charge is 0.357 e. The van der Waals surface area contributed by atoms with Gasteiger partial charge in [0.25, 0.3) is 0 Å². The van der Waals surface area contributed by atoms with E-state index >= 15 is 0 Å². The second-order valence-electron chi connectivity index (χ2n) is 4.25. The Labute approximate surface area is 127 Å². The van der Waals surface area contributed by atoms with E-state index in [4.69, 9.17) is 0 Å². The standard InChI is InChI=1S/C13H19N2P.2C2H6/c1-3-7-14-13-10-8-9(16)5-6-12(10)15-11(13)4-2;2*1-2/h3-4,7,9,15H,5-6,8,16H2,1-2H3;2*1-2H3/b7-3-,11-4+,14-13+;;. The molecular weight excluding hydrogens is 263 g/mol. The van der Waals surface area contributed by atoms with Gasteiger partial charge in [-0.2, -0.15) is 0 Å². The van der Waals surface area contributed by atoms with E-state index in [9.17, 15) is 0 Å². The predicted molar refractivity (Wildman–Crippen MR) is 96.2 cm³/mol. The van der Waals surface area contributed by atoms with Crippen LogP contribution in [0.25, 0.3) is 0 Å². The van der Waals surface area contributed by atoms with Crippen LogP contribution in [0.3, 0.4) is 0 Å². The lowest BCUT2D eigenvalue weighted by atomic mass is 9.94. The van der Waals surface area contributed by atoms with Crippen molar-refractivity contribution in [3.05, 3.63) is 35.3 Å². The fraction of sp³-hybridized carbons (Fsp3) is 0.588. The minimum atomic E-state index is 0.701. The third kappa shape index (κ3) is 4.90. The Morgan fingerprint density at radius 1 is 1.20 bits per heavy atom.